The lowest BCUT2D eigenvalue weighted by molar-refractivity contribution is 0.277. The largest absolute Gasteiger partial charge is 0.370 e. The van der Waals surface area contributed by atoms with E-state index in [4.69, 9.17) is 10.3 Å². The molecule has 1 aromatic rings. The number of piperidine rings is 1. The van der Waals surface area contributed by atoms with E-state index in [1.807, 2.05) is 0 Å². The summed E-state index contributed by atoms with van der Waals surface area (Å²) in [5.74, 6) is 3.25. The highest BCUT2D eigenvalue weighted by atomic mass is 16.5. The van der Waals surface area contributed by atoms with Crippen LogP contribution in [0, 0.1) is 5.92 Å². The Hall–Kier alpha value is -1.59. The molecule has 0 unspecified atom stereocenters. The first-order chi connectivity index (χ1) is 10.1. The number of guanidine groups is 1. The van der Waals surface area contributed by atoms with E-state index >= 15 is 0 Å². The van der Waals surface area contributed by atoms with Crippen LogP contribution in [-0.2, 0) is 6.42 Å². The van der Waals surface area contributed by atoms with Crippen LogP contribution in [0.15, 0.2) is 9.52 Å². The summed E-state index contributed by atoms with van der Waals surface area (Å²) in [5, 5.41) is 3.96. The molecule has 118 valence electrons. The van der Waals surface area contributed by atoms with Gasteiger partial charge in [-0.1, -0.05) is 25.9 Å². The summed E-state index contributed by atoms with van der Waals surface area (Å²) in [6.07, 6.45) is 4.05. The maximum absolute atomic E-state index is 6.04. The fourth-order valence-corrected chi connectivity index (χ4v) is 2.37. The van der Waals surface area contributed by atoms with Crippen LogP contribution in [0.2, 0.25) is 0 Å². The lowest BCUT2D eigenvalue weighted by atomic mass is 10.00. The Kier molecular flexibility index (Phi) is 5.59. The Bertz CT molecular complexity index is 460. The third-order valence-electron chi connectivity index (χ3n) is 3.93. The fraction of sp³-hybridized carbons (Fsp3) is 0.800. The number of nitrogens with zero attached hydrogens (tertiary/aromatic N) is 4. The predicted molar refractivity (Wildman–Crippen MR) is 83.2 cm³/mol. The van der Waals surface area contributed by atoms with Gasteiger partial charge in [-0.2, -0.15) is 4.98 Å². The average Bonchev–Trinajstić information content (AvgIpc) is 2.93. The van der Waals surface area contributed by atoms with Crippen LogP contribution in [0.3, 0.4) is 0 Å². The molecule has 0 spiro atoms. The summed E-state index contributed by atoms with van der Waals surface area (Å²) in [6.45, 7) is 9.16. The van der Waals surface area contributed by atoms with Crippen molar-refractivity contribution in [2.45, 2.75) is 52.4 Å². The van der Waals surface area contributed by atoms with Crippen LogP contribution in [-0.4, -0.2) is 40.6 Å². The Balaban J connectivity index is 1.71. The first-order valence-electron chi connectivity index (χ1n) is 7.93. The second-order valence-electron chi connectivity index (χ2n) is 6.21. The molecule has 6 nitrogen and oxygen atoms in total. The van der Waals surface area contributed by atoms with Gasteiger partial charge in [0.25, 0.3) is 0 Å². The van der Waals surface area contributed by atoms with E-state index < -0.39 is 0 Å². The van der Waals surface area contributed by atoms with Gasteiger partial charge in [-0.25, -0.2) is 0 Å². The summed E-state index contributed by atoms with van der Waals surface area (Å²) in [6, 6.07) is 0. The lowest BCUT2D eigenvalue weighted by Gasteiger charge is -2.31. The molecule has 1 saturated heterocycles. The number of hydrogen-bond acceptors (Lipinski definition) is 4. The fourth-order valence-electron chi connectivity index (χ4n) is 2.37. The van der Waals surface area contributed by atoms with Crippen LogP contribution >= 0.6 is 0 Å². The van der Waals surface area contributed by atoms with Gasteiger partial charge in [0.05, 0.1) is 0 Å². The lowest BCUT2D eigenvalue weighted by Crippen LogP contribution is -2.42. The highest BCUT2D eigenvalue weighted by Crippen LogP contribution is 2.15. The van der Waals surface area contributed by atoms with Crippen molar-refractivity contribution in [1.29, 1.82) is 0 Å². The number of likely N-dealkylation sites (tertiary alicyclic amines) is 1. The standard InChI is InChI=1S/C15H27N5O/c1-11(2)14-18-13(21-19-14)5-4-8-17-15(16)20-9-6-12(3)7-10-20/h11-12H,4-10H2,1-3H3,(H2,16,17). The second kappa shape index (κ2) is 7.43. The molecule has 2 rings (SSSR count). The highest BCUT2D eigenvalue weighted by molar-refractivity contribution is 5.78. The maximum atomic E-state index is 6.04. The van der Waals surface area contributed by atoms with Gasteiger partial charge in [0.2, 0.25) is 5.89 Å². The molecule has 2 heterocycles. The third kappa shape index (κ3) is 4.72. The topological polar surface area (TPSA) is 80.5 Å². The van der Waals surface area contributed by atoms with Gasteiger partial charge < -0.3 is 15.2 Å². The van der Waals surface area contributed by atoms with Crippen molar-refractivity contribution in [2.75, 3.05) is 19.6 Å². The first kappa shape index (κ1) is 15.8. The molecule has 21 heavy (non-hydrogen) atoms. The molecule has 0 atom stereocenters. The number of rotatable bonds is 5. The van der Waals surface area contributed by atoms with Crippen LogP contribution < -0.4 is 5.73 Å². The predicted octanol–water partition coefficient (Wildman–Crippen LogP) is 2.17. The van der Waals surface area contributed by atoms with Gasteiger partial charge >= 0.3 is 0 Å². The minimum absolute atomic E-state index is 0.303. The van der Waals surface area contributed by atoms with E-state index in [-0.39, 0.29) is 0 Å². The quantitative estimate of drug-likeness (QED) is 0.511. The van der Waals surface area contributed by atoms with Gasteiger partial charge in [-0.3, -0.25) is 4.99 Å². The van der Waals surface area contributed by atoms with Gasteiger partial charge in [0.1, 0.15) is 0 Å². The highest BCUT2D eigenvalue weighted by Gasteiger charge is 2.16. The van der Waals surface area contributed by atoms with E-state index in [9.17, 15) is 0 Å². The first-order valence-corrected chi connectivity index (χ1v) is 7.93. The van der Waals surface area contributed by atoms with Crippen molar-refractivity contribution in [3.05, 3.63) is 11.7 Å². The number of aliphatic imine (C=N–C) groups is 1. The summed E-state index contributed by atoms with van der Waals surface area (Å²) in [5.41, 5.74) is 6.04. The van der Waals surface area contributed by atoms with Crippen LogP contribution in [0.25, 0.3) is 0 Å². The Morgan fingerprint density at radius 1 is 1.43 bits per heavy atom. The van der Waals surface area contributed by atoms with Crippen molar-refractivity contribution >= 4 is 5.96 Å². The molecular formula is C15H27N5O. The zero-order valence-electron chi connectivity index (χ0n) is 13.4. The maximum Gasteiger partial charge on any atom is 0.226 e. The molecule has 0 aromatic carbocycles. The van der Waals surface area contributed by atoms with E-state index in [1.165, 1.54) is 12.8 Å². The van der Waals surface area contributed by atoms with Gasteiger partial charge in [-0.05, 0) is 25.2 Å². The van der Waals surface area contributed by atoms with Crippen molar-refractivity contribution in [1.82, 2.24) is 15.0 Å². The molecule has 1 aromatic heterocycles. The summed E-state index contributed by atoms with van der Waals surface area (Å²) >= 11 is 0. The Morgan fingerprint density at radius 3 is 2.76 bits per heavy atom. The second-order valence-corrected chi connectivity index (χ2v) is 6.21. The molecule has 0 aliphatic carbocycles. The average molecular weight is 293 g/mol. The molecule has 0 radical (unpaired) electrons. The molecule has 0 saturated carbocycles. The monoisotopic (exact) mass is 293 g/mol. The minimum atomic E-state index is 0.303. The number of hydrogen-bond donors (Lipinski definition) is 1. The summed E-state index contributed by atoms with van der Waals surface area (Å²) in [4.78, 5) is 11.0. The van der Waals surface area contributed by atoms with Gasteiger partial charge in [-0.15, -0.1) is 0 Å². The Morgan fingerprint density at radius 2 is 2.14 bits per heavy atom. The molecular weight excluding hydrogens is 266 g/mol. The van der Waals surface area contributed by atoms with E-state index in [1.54, 1.807) is 0 Å². The zero-order valence-corrected chi connectivity index (χ0v) is 13.4. The zero-order chi connectivity index (χ0) is 15.2. The van der Waals surface area contributed by atoms with Crippen LogP contribution in [0.4, 0.5) is 0 Å². The molecule has 6 heteroatoms. The molecule has 2 N–H and O–H groups in total. The van der Waals surface area contributed by atoms with Crippen LogP contribution in [0.1, 0.15) is 57.7 Å². The summed E-state index contributed by atoms with van der Waals surface area (Å²) in [7, 11) is 0. The number of nitrogens with two attached hydrogens (primary N) is 1. The van der Waals surface area contributed by atoms with Crippen molar-refractivity contribution in [2.24, 2.45) is 16.6 Å². The third-order valence-corrected chi connectivity index (χ3v) is 3.93. The van der Waals surface area contributed by atoms with Crippen molar-refractivity contribution < 1.29 is 4.52 Å². The molecule has 1 fully saturated rings. The van der Waals surface area contributed by atoms with Crippen molar-refractivity contribution in [3.63, 3.8) is 0 Å². The molecule has 0 amide bonds. The Labute approximate surface area is 126 Å². The van der Waals surface area contributed by atoms with E-state index in [0.717, 1.165) is 37.7 Å². The normalized spacial score (nSPS) is 17.7. The minimum Gasteiger partial charge on any atom is -0.370 e. The van der Waals surface area contributed by atoms with Gasteiger partial charge in [0, 0.05) is 32.0 Å². The smallest absolute Gasteiger partial charge is 0.226 e. The number of aromatic nitrogens is 2. The molecule has 1 aliphatic heterocycles. The van der Waals surface area contributed by atoms with E-state index in [2.05, 4.69) is 40.8 Å². The van der Waals surface area contributed by atoms with Gasteiger partial charge in [0.15, 0.2) is 11.8 Å². The number of aryl methyl sites for hydroxylation is 1. The summed E-state index contributed by atoms with van der Waals surface area (Å²) < 4.78 is 5.21. The molecule has 1 aliphatic rings. The van der Waals surface area contributed by atoms with E-state index in [0.29, 0.717) is 24.3 Å². The van der Waals surface area contributed by atoms with Crippen molar-refractivity contribution in [3.8, 4) is 0 Å². The molecule has 0 bridgehead atoms. The SMILES string of the molecule is CC1CCN(C(N)=NCCCc2nc(C(C)C)no2)CC1. The van der Waals surface area contributed by atoms with Crippen LogP contribution in [0.5, 0.6) is 0 Å².